The van der Waals surface area contributed by atoms with Crippen molar-refractivity contribution in [2.45, 2.75) is 13.8 Å². The fourth-order valence-electron chi connectivity index (χ4n) is 3.26. The first-order valence-electron chi connectivity index (χ1n) is 8.89. The number of methoxy groups -OCH3 is 1. The molecule has 0 unspecified atom stereocenters. The molecule has 8 nitrogen and oxygen atoms in total. The van der Waals surface area contributed by atoms with E-state index < -0.39 is 5.97 Å². The van der Waals surface area contributed by atoms with Crippen molar-refractivity contribution in [2.24, 2.45) is 0 Å². The van der Waals surface area contributed by atoms with Gasteiger partial charge in [-0.2, -0.15) is 0 Å². The first-order valence-corrected chi connectivity index (χ1v) is 8.89. The minimum absolute atomic E-state index is 0.320. The summed E-state index contributed by atoms with van der Waals surface area (Å²) in [5.41, 5.74) is 2.51. The van der Waals surface area contributed by atoms with Crippen LogP contribution in [0.4, 0.5) is 11.5 Å². The van der Waals surface area contributed by atoms with Crippen LogP contribution in [0.25, 0.3) is 0 Å². The van der Waals surface area contributed by atoms with Crippen LogP contribution in [0.5, 0.6) is 0 Å². The topological polar surface area (TPSA) is 90.6 Å². The molecule has 8 heteroatoms. The number of H-pyrrole nitrogens is 1. The summed E-state index contributed by atoms with van der Waals surface area (Å²) in [5, 5.41) is 2.82. The van der Waals surface area contributed by atoms with E-state index in [1.807, 2.05) is 12.1 Å². The monoisotopic (exact) mass is 371 g/mol. The van der Waals surface area contributed by atoms with Crippen LogP contribution in [0.2, 0.25) is 0 Å². The molecule has 1 fully saturated rings. The van der Waals surface area contributed by atoms with Crippen LogP contribution >= 0.6 is 0 Å². The van der Waals surface area contributed by atoms with Gasteiger partial charge in [-0.25, -0.2) is 9.78 Å². The maximum atomic E-state index is 12.6. The molecule has 27 heavy (non-hydrogen) atoms. The molecule has 0 atom stereocenters. The standard InChI is InChI=1S/C19H25N5O3/c1-12-16(19(26)27-4)13(2)21-17(12)18(25)22-14-5-6-15(20-11-14)24-9-7-23(3)8-10-24/h5-6,11,21H,7-10H2,1-4H3,(H,22,25). The molecule has 0 saturated carbocycles. The zero-order chi connectivity index (χ0) is 19.6. The molecule has 1 amide bonds. The van der Waals surface area contributed by atoms with Gasteiger partial charge in [0.2, 0.25) is 0 Å². The van der Waals surface area contributed by atoms with Gasteiger partial charge in [0.25, 0.3) is 5.91 Å². The van der Waals surface area contributed by atoms with Gasteiger partial charge in [-0.1, -0.05) is 0 Å². The van der Waals surface area contributed by atoms with Gasteiger partial charge in [0.15, 0.2) is 0 Å². The van der Waals surface area contributed by atoms with Crippen LogP contribution in [0.15, 0.2) is 18.3 Å². The molecule has 2 aromatic heterocycles. The SMILES string of the molecule is COC(=O)c1c(C)[nH]c(C(=O)Nc2ccc(N3CCN(C)CC3)nc2)c1C. The average molecular weight is 371 g/mol. The Labute approximate surface area is 158 Å². The van der Waals surface area contributed by atoms with Crippen LogP contribution in [0, 0.1) is 13.8 Å². The maximum Gasteiger partial charge on any atom is 0.339 e. The Hall–Kier alpha value is -2.87. The zero-order valence-corrected chi connectivity index (χ0v) is 16.1. The Morgan fingerprint density at radius 2 is 1.89 bits per heavy atom. The number of likely N-dealkylation sites (N-methyl/N-ethyl adjacent to an activating group) is 1. The largest absolute Gasteiger partial charge is 0.465 e. The Bertz CT molecular complexity index is 836. The number of piperazine rings is 1. The molecule has 3 rings (SSSR count). The number of aromatic nitrogens is 2. The first-order chi connectivity index (χ1) is 12.9. The lowest BCUT2D eigenvalue weighted by Gasteiger charge is -2.33. The van der Waals surface area contributed by atoms with E-state index >= 15 is 0 Å². The number of aryl methyl sites for hydroxylation is 1. The third-order valence-electron chi connectivity index (χ3n) is 4.89. The highest BCUT2D eigenvalue weighted by atomic mass is 16.5. The number of carbonyl (C=O) groups is 2. The van der Waals surface area contributed by atoms with Crippen molar-refractivity contribution in [2.75, 3.05) is 50.6 Å². The highest BCUT2D eigenvalue weighted by Gasteiger charge is 2.22. The van der Waals surface area contributed by atoms with Crippen molar-refractivity contribution in [3.63, 3.8) is 0 Å². The number of rotatable bonds is 4. The van der Waals surface area contributed by atoms with E-state index in [0.29, 0.717) is 28.2 Å². The summed E-state index contributed by atoms with van der Waals surface area (Å²) >= 11 is 0. The van der Waals surface area contributed by atoms with Gasteiger partial charge in [0.05, 0.1) is 24.6 Å². The Morgan fingerprint density at radius 3 is 2.48 bits per heavy atom. The van der Waals surface area contributed by atoms with Gasteiger partial charge < -0.3 is 24.8 Å². The molecule has 2 aromatic rings. The van der Waals surface area contributed by atoms with Crippen LogP contribution in [0.1, 0.15) is 32.1 Å². The summed E-state index contributed by atoms with van der Waals surface area (Å²) in [6.45, 7) is 7.35. The van der Waals surface area contributed by atoms with Crippen LogP contribution in [-0.2, 0) is 4.74 Å². The molecule has 0 aromatic carbocycles. The number of nitrogens with zero attached hydrogens (tertiary/aromatic N) is 3. The molecule has 0 radical (unpaired) electrons. The molecule has 1 saturated heterocycles. The Balaban J connectivity index is 1.70. The quantitative estimate of drug-likeness (QED) is 0.797. The summed E-state index contributed by atoms with van der Waals surface area (Å²) < 4.78 is 4.78. The molecule has 1 aliphatic rings. The lowest BCUT2D eigenvalue weighted by Crippen LogP contribution is -2.44. The second-order valence-electron chi connectivity index (χ2n) is 6.77. The lowest BCUT2D eigenvalue weighted by atomic mass is 10.1. The minimum atomic E-state index is -0.460. The van der Waals surface area contributed by atoms with Crippen molar-refractivity contribution < 1.29 is 14.3 Å². The highest BCUT2D eigenvalue weighted by molar-refractivity contribution is 6.06. The van der Waals surface area contributed by atoms with Gasteiger partial charge >= 0.3 is 5.97 Å². The van der Waals surface area contributed by atoms with E-state index in [9.17, 15) is 9.59 Å². The molecule has 144 valence electrons. The van der Waals surface area contributed by atoms with Gasteiger partial charge in [0, 0.05) is 31.9 Å². The number of ether oxygens (including phenoxy) is 1. The van der Waals surface area contributed by atoms with E-state index in [4.69, 9.17) is 4.74 Å². The van der Waals surface area contributed by atoms with Gasteiger partial charge in [-0.3, -0.25) is 4.79 Å². The predicted octanol–water partition coefficient (Wildman–Crippen LogP) is 1.82. The van der Waals surface area contributed by atoms with E-state index in [2.05, 4.69) is 32.1 Å². The number of nitrogens with one attached hydrogen (secondary N) is 2. The molecule has 3 heterocycles. The number of pyridine rings is 1. The second-order valence-corrected chi connectivity index (χ2v) is 6.77. The zero-order valence-electron chi connectivity index (χ0n) is 16.1. The van der Waals surface area contributed by atoms with E-state index in [1.54, 1.807) is 20.0 Å². The Morgan fingerprint density at radius 1 is 1.19 bits per heavy atom. The lowest BCUT2D eigenvalue weighted by molar-refractivity contribution is 0.0599. The van der Waals surface area contributed by atoms with Crippen LogP contribution in [0.3, 0.4) is 0 Å². The second kappa shape index (κ2) is 7.79. The first kappa shape index (κ1) is 18.9. The van der Waals surface area contributed by atoms with Gasteiger partial charge in [-0.05, 0) is 38.6 Å². The molecule has 2 N–H and O–H groups in total. The number of amides is 1. The molecular formula is C19H25N5O3. The Kier molecular flexibility index (Phi) is 5.46. The summed E-state index contributed by atoms with van der Waals surface area (Å²) in [4.78, 5) is 36.4. The number of aromatic amines is 1. The number of carbonyl (C=O) groups excluding carboxylic acids is 2. The van der Waals surface area contributed by atoms with E-state index in [1.165, 1.54) is 7.11 Å². The highest BCUT2D eigenvalue weighted by Crippen LogP contribution is 2.21. The number of hydrogen-bond donors (Lipinski definition) is 2. The van der Waals surface area contributed by atoms with Crippen molar-refractivity contribution in [1.82, 2.24) is 14.9 Å². The summed E-state index contributed by atoms with van der Waals surface area (Å²) in [5.74, 6) is 0.124. The number of hydrogen-bond acceptors (Lipinski definition) is 6. The molecule has 0 aliphatic carbocycles. The fraction of sp³-hybridized carbons (Fsp3) is 0.421. The van der Waals surface area contributed by atoms with Crippen LogP contribution in [-0.4, -0.2) is 67.1 Å². The van der Waals surface area contributed by atoms with Crippen molar-refractivity contribution in [1.29, 1.82) is 0 Å². The maximum absolute atomic E-state index is 12.6. The molecule has 1 aliphatic heterocycles. The van der Waals surface area contributed by atoms with Crippen molar-refractivity contribution in [3.8, 4) is 0 Å². The fourth-order valence-corrected chi connectivity index (χ4v) is 3.26. The normalized spacial score (nSPS) is 14.9. The number of anilines is 2. The third kappa shape index (κ3) is 3.95. The average Bonchev–Trinajstić information content (AvgIpc) is 2.97. The smallest absolute Gasteiger partial charge is 0.339 e. The molecular weight excluding hydrogens is 346 g/mol. The summed E-state index contributed by atoms with van der Waals surface area (Å²) in [7, 11) is 3.43. The van der Waals surface area contributed by atoms with Crippen LogP contribution < -0.4 is 10.2 Å². The summed E-state index contributed by atoms with van der Waals surface area (Å²) in [6, 6.07) is 3.75. The van der Waals surface area contributed by atoms with Crippen molar-refractivity contribution in [3.05, 3.63) is 40.8 Å². The third-order valence-corrected chi connectivity index (χ3v) is 4.89. The van der Waals surface area contributed by atoms with E-state index in [-0.39, 0.29) is 5.91 Å². The summed E-state index contributed by atoms with van der Waals surface area (Å²) in [6.07, 6.45) is 1.65. The van der Waals surface area contributed by atoms with Crippen molar-refractivity contribution >= 4 is 23.4 Å². The molecule has 0 bridgehead atoms. The number of esters is 1. The minimum Gasteiger partial charge on any atom is -0.465 e. The van der Waals surface area contributed by atoms with E-state index in [0.717, 1.165) is 32.0 Å². The predicted molar refractivity (Wildman–Crippen MR) is 104 cm³/mol. The van der Waals surface area contributed by atoms with Gasteiger partial charge in [-0.15, -0.1) is 0 Å². The van der Waals surface area contributed by atoms with Gasteiger partial charge in [0.1, 0.15) is 11.5 Å². The molecule has 0 spiro atoms.